The van der Waals surface area contributed by atoms with E-state index < -0.39 is 0 Å². The highest BCUT2D eigenvalue weighted by Crippen LogP contribution is 2.26. The van der Waals surface area contributed by atoms with Crippen LogP contribution in [0.4, 0.5) is 5.69 Å². The smallest absolute Gasteiger partial charge is 0.251 e. The van der Waals surface area contributed by atoms with Gasteiger partial charge in [-0.2, -0.15) is 0 Å². The molecule has 0 radical (unpaired) electrons. The molecule has 0 unspecified atom stereocenters. The van der Waals surface area contributed by atoms with Crippen LogP contribution in [0.25, 0.3) is 0 Å². The van der Waals surface area contributed by atoms with Crippen LogP contribution in [0, 0.1) is 0 Å². The number of thiocarbonyl (C=S) groups is 1. The predicted octanol–water partition coefficient (Wildman–Crippen LogP) is 1.81. The first-order valence-electron chi connectivity index (χ1n) is 6.41. The van der Waals surface area contributed by atoms with Gasteiger partial charge in [0.25, 0.3) is 5.91 Å². The third kappa shape index (κ3) is 2.80. The van der Waals surface area contributed by atoms with Crippen molar-refractivity contribution in [3.63, 3.8) is 0 Å². The molecule has 0 bridgehead atoms. The van der Waals surface area contributed by atoms with Crippen LogP contribution < -0.4 is 10.6 Å². The molecule has 0 saturated carbocycles. The molecule has 1 aromatic carbocycles. The molecule has 1 aliphatic heterocycles. The molecule has 1 heterocycles. The summed E-state index contributed by atoms with van der Waals surface area (Å²) in [6.45, 7) is 5.16. The standard InChI is InChI=1S/C14H17N3O2S/c1-8-13(19)17(14(20)15-8)9(2)11-5-4-6-12(7-11)16-10(3)18/h4-9H,1-3H3,(H,15,20)(H,16,18)/t8-,9+/m0/s1. The van der Waals surface area contributed by atoms with Crippen molar-refractivity contribution in [2.45, 2.75) is 32.9 Å². The number of anilines is 1. The quantitative estimate of drug-likeness (QED) is 0.834. The lowest BCUT2D eigenvalue weighted by Crippen LogP contribution is -2.33. The van der Waals surface area contributed by atoms with Crippen molar-refractivity contribution >= 4 is 34.8 Å². The Morgan fingerprint density at radius 3 is 2.75 bits per heavy atom. The minimum Gasteiger partial charge on any atom is -0.351 e. The van der Waals surface area contributed by atoms with Gasteiger partial charge in [0.15, 0.2) is 5.11 Å². The van der Waals surface area contributed by atoms with E-state index in [0.717, 1.165) is 5.56 Å². The highest BCUT2D eigenvalue weighted by Gasteiger charge is 2.35. The van der Waals surface area contributed by atoms with E-state index in [4.69, 9.17) is 12.2 Å². The van der Waals surface area contributed by atoms with Crippen LogP contribution in [-0.4, -0.2) is 27.9 Å². The van der Waals surface area contributed by atoms with Crippen molar-refractivity contribution < 1.29 is 9.59 Å². The van der Waals surface area contributed by atoms with E-state index in [-0.39, 0.29) is 23.9 Å². The van der Waals surface area contributed by atoms with Gasteiger partial charge < -0.3 is 10.6 Å². The van der Waals surface area contributed by atoms with Gasteiger partial charge in [-0.3, -0.25) is 14.5 Å². The fourth-order valence-electron chi connectivity index (χ4n) is 2.22. The normalized spacial score (nSPS) is 19.8. The van der Waals surface area contributed by atoms with Crippen molar-refractivity contribution in [1.29, 1.82) is 0 Å². The van der Waals surface area contributed by atoms with Crippen LogP contribution in [0.2, 0.25) is 0 Å². The van der Waals surface area contributed by atoms with Gasteiger partial charge in [-0.05, 0) is 43.8 Å². The number of carbonyl (C=O) groups is 2. The minimum absolute atomic E-state index is 0.0348. The van der Waals surface area contributed by atoms with Crippen molar-refractivity contribution in [2.75, 3.05) is 5.32 Å². The molecule has 1 fully saturated rings. The molecule has 2 N–H and O–H groups in total. The van der Waals surface area contributed by atoms with E-state index in [0.29, 0.717) is 10.8 Å². The Balaban J connectivity index is 2.25. The van der Waals surface area contributed by atoms with Gasteiger partial charge in [0.1, 0.15) is 6.04 Å². The zero-order chi connectivity index (χ0) is 14.9. The average molecular weight is 291 g/mol. The van der Waals surface area contributed by atoms with Gasteiger partial charge in [-0.15, -0.1) is 0 Å². The molecule has 2 atom stereocenters. The van der Waals surface area contributed by atoms with Crippen LogP contribution in [0.3, 0.4) is 0 Å². The summed E-state index contributed by atoms with van der Waals surface area (Å²) in [4.78, 5) is 24.8. The van der Waals surface area contributed by atoms with Gasteiger partial charge >= 0.3 is 0 Å². The summed E-state index contributed by atoms with van der Waals surface area (Å²) in [5, 5.41) is 6.13. The molecule has 1 aliphatic rings. The second-order valence-corrected chi connectivity index (χ2v) is 5.25. The number of nitrogens with one attached hydrogen (secondary N) is 2. The first-order chi connectivity index (χ1) is 9.40. The summed E-state index contributed by atoms with van der Waals surface area (Å²) in [6, 6.07) is 6.95. The maximum atomic E-state index is 12.1. The SMILES string of the molecule is CC(=O)Nc1cccc([C@@H](C)N2C(=O)[C@H](C)NC2=S)c1. The van der Waals surface area contributed by atoms with E-state index >= 15 is 0 Å². The van der Waals surface area contributed by atoms with Gasteiger partial charge in [-0.1, -0.05) is 12.1 Å². The van der Waals surface area contributed by atoms with Crippen LogP contribution in [0.5, 0.6) is 0 Å². The summed E-state index contributed by atoms with van der Waals surface area (Å²) in [5.41, 5.74) is 1.63. The summed E-state index contributed by atoms with van der Waals surface area (Å²) in [5.74, 6) is -0.162. The number of hydrogen-bond donors (Lipinski definition) is 2. The predicted molar refractivity (Wildman–Crippen MR) is 81.2 cm³/mol. The van der Waals surface area contributed by atoms with Gasteiger partial charge in [0, 0.05) is 12.6 Å². The molecule has 5 nitrogen and oxygen atoms in total. The Labute approximate surface area is 123 Å². The summed E-state index contributed by atoms with van der Waals surface area (Å²) < 4.78 is 0. The first-order valence-corrected chi connectivity index (χ1v) is 6.82. The van der Waals surface area contributed by atoms with E-state index in [9.17, 15) is 9.59 Å². The minimum atomic E-state index is -0.288. The Morgan fingerprint density at radius 1 is 1.50 bits per heavy atom. The highest BCUT2D eigenvalue weighted by molar-refractivity contribution is 7.80. The summed E-state index contributed by atoms with van der Waals surface area (Å²) in [7, 11) is 0. The Kier molecular flexibility index (Phi) is 4.04. The first kappa shape index (κ1) is 14.5. The zero-order valence-electron chi connectivity index (χ0n) is 11.6. The Hall–Kier alpha value is -1.95. The molecule has 20 heavy (non-hydrogen) atoms. The summed E-state index contributed by atoms with van der Waals surface area (Å²) >= 11 is 5.20. The fraction of sp³-hybridized carbons (Fsp3) is 0.357. The lowest BCUT2D eigenvalue weighted by Gasteiger charge is -2.24. The van der Waals surface area contributed by atoms with E-state index in [2.05, 4.69) is 10.6 Å². The molecule has 2 amide bonds. The lowest BCUT2D eigenvalue weighted by atomic mass is 10.1. The van der Waals surface area contributed by atoms with Crippen molar-refractivity contribution in [3.05, 3.63) is 29.8 Å². The maximum Gasteiger partial charge on any atom is 0.251 e. The number of amides is 2. The molecule has 2 rings (SSSR count). The zero-order valence-corrected chi connectivity index (χ0v) is 12.5. The molecular weight excluding hydrogens is 274 g/mol. The number of rotatable bonds is 3. The van der Waals surface area contributed by atoms with Crippen LogP contribution in [-0.2, 0) is 9.59 Å². The summed E-state index contributed by atoms with van der Waals surface area (Å²) in [6.07, 6.45) is 0. The van der Waals surface area contributed by atoms with Crippen LogP contribution >= 0.6 is 12.2 Å². The monoisotopic (exact) mass is 291 g/mol. The molecule has 0 aliphatic carbocycles. The van der Waals surface area contributed by atoms with Crippen molar-refractivity contribution in [1.82, 2.24) is 10.2 Å². The number of nitrogens with zero attached hydrogens (tertiary/aromatic N) is 1. The van der Waals surface area contributed by atoms with Gasteiger partial charge in [0.05, 0.1) is 6.04 Å². The van der Waals surface area contributed by atoms with E-state index in [1.807, 2.05) is 31.2 Å². The molecule has 0 spiro atoms. The second kappa shape index (κ2) is 5.58. The highest BCUT2D eigenvalue weighted by atomic mass is 32.1. The molecule has 0 aromatic heterocycles. The molecule has 1 saturated heterocycles. The van der Waals surface area contributed by atoms with E-state index in [1.54, 1.807) is 11.8 Å². The fourth-order valence-corrected chi connectivity index (χ4v) is 2.65. The van der Waals surface area contributed by atoms with Crippen molar-refractivity contribution in [2.24, 2.45) is 0 Å². The third-order valence-electron chi connectivity index (χ3n) is 3.24. The van der Waals surface area contributed by atoms with Crippen LogP contribution in [0.15, 0.2) is 24.3 Å². The average Bonchev–Trinajstić information content (AvgIpc) is 2.62. The molecule has 106 valence electrons. The maximum absolute atomic E-state index is 12.1. The molecule has 1 aromatic rings. The molecular formula is C14H17N3O2S. The van der Waals surface area contributed by atoms with Crippen molar-refractivity contribution in [3.8, 4) is 0 Å². The largest absolute Gasteiger partial charge is 0.351 e. The molecule has 6 heteroatoms. The van der Waals surface area contributed by atoms with Gasteiger partial charge in [0.2, 0.25) is 5.91 Å². The van der Waals surface area contributed by atoms with Gasteiger partial charge in [-0.25, -0.2) is 0 Å². The third-order valence-corrected chi connectivity index (χ3v) is 3.56. The van der Waals surface area contributed by atoms with Crippen LogP contribution in [0.1, 0.15) is 32.4 Å². The Bertz CT molecular complexity index is 573. The Morgan fingerprint density at radius 2 is 2.20 bits per heavy atom. The topological polar surface area (TPSA) is 61.4 Å². The number of hydrogen-bond acceptors (Lipinski definition) is 3. The second-order valence-electron chi connectivity index (χ2n) is 4.86. The lowest BCUT2D eigenvalue weighted by molar-refractivity contribution is -0.128. The number of benzene rings is 1. The number of carbonyl (C=O) groups excluding carboxylic acids is 2. The van der Waals surface area contributed by atoms with E-state index in [1.165, 1.54) is 6.92 Å².